The summed E-state index contributed by atoms with van der Waals surface area (Å²) in [5, 5.41) is 2.88. The van der Waals surface area contributed by atoms with E-state index in [9.17, 15) is 9.00 Å². The number of ether oxygens (including phenoxy) is 1. The minimum absolute atomic E-state index is 0. The van der Waals surface area contributed by atoms with Crippen LogP contribution in [0.2, 0.25) is 0 Å². The van der Waals surface area contributed by atoms with E-state index in [0.29, 0.717) is 24.4 Å². The van der Waals surface area contributed by atoms with Gasteiger partial charge in [-0.3, -0.25) is 9.00 Å². The zero-order chi connectivity index (χ0) is 17.6. The maximum absolute atomic E-state index is 12.4. The summed E-state index contributed by atoms with van der Waals surface area (Å²) in [4.78, 5) is 13.1. The molecule has 1 saturated heterocycles. The van der Waals surface area contributed by atoms with Gasteiger partial charge in [-0.05, 0) is 42.7 Å². The predicted molar refractivity (Wildman–Crippen MR) is 106 cm³/mol. The summed E-state index contributed by atoms with van der Waals surface area (Å²) in [5.74, 6) is 0.250. The topological polar surface area (TPSA) is 81.4 Å². The van der Waals surface area contributed by atoms with Crippen LogP contribution in [0.4, 0.5) is 5.69 Å². The standard InChI is InChI=1S/C19H22N2O3S.ClH/c20-12-16-9-10-18(24-16)19(22)21-15-6-4-5-14(11-15)13-25(23)17-7-2-1-3-8-17;/h1-8,11,16,18H,9-10,12-13,20H2,(H,21,22);1H/t16-,18+,25?;/m1./s1. The number of anilines is 1. The molecule has 1 aliphatic heterocycles. The van der Waals surface area contributed by atoms with E-state index in [1.165, 1.54) is 0 Å². The Morgan fingerprint density at radius 1 is 1.15 bits per heavy atom. The molecule has 3 atom stereocenters. The normalized spacial score (nSPS) is 20.2. The monoisotopic (exact) mass is 394 g/mol. The van der Waals surface area contributed by atoms with Crippen molar-refractivity contribution in [1.29, 1.82) is 0 Å². The fourth-order valence-electron chi connectivity index (χ4n) is 2.84. The second kappa shape index (κ2) is 9.83. The molecule has 0 radical (unpaired) electrons. The zero-order valence-corrected chi connectivity index (χ0v) is 15.9. The number of hydrogen-bond donors (Lipinski definition) is 2. The predicted octanol–water partition coefficient (Wildman–Crippen LogP) is 2.86. The smallest absolute Gasteiger partial charge is 0.253 e. The van der Waals surface area contributed by atoms with Gasteiger partial charge in [0.25, 0.3) is 5.91 Å². The highest BCUT2D eigenvalue weighted by Crippen LogP contribution is 2.21. The number of carbonyl (C=O) groups excluding carboxylic acids is 1. The molecule has 0 aromatic heterocycles. The Morgan fingerprint density at radius 2 is 1.92 bits per heavy atom. The summed E-state index contributed by atoms with van der Waals surface area (Å²) in [6.45, 7) is 0.435. The second-order valence-corrected chi connectivity index (χ2v) is 7.50. The van der Waals surface area contributed by atoms with Crippen molar-refractivity contribution in [3.63, 3.8) is 0 Å². The first-order valence-corrected chi connectivity index (χ1v) is 9.66. The van der Waals surface area contributed by atoms with Crippen LogP contribution >= 0.6 is 12.4 Å². The van der Waals surface area contributed by atoms with Crippen molar-refractivity contribution in [2.45, 2.75) is 35.7 Å². The molecule has 1 fully saturated rings. The zero-order valence-electron chi connectivity index (χ0n) is 14.3. The summed E-state index contributed by atoms with van der Waals surface area (Å²) in [5.41, 5.74) is 7.17. The summed E-state index contributed by atoms with van der Waals surface area (Å²) in [7, 11) is -1.11. The highest BCUT2D eigenvalue weighted by molar-refractivity contribution is 7.84. The average Bonchev–Trinajstić information content (AvgIpc) is 3.12. The van der Waals surface area contributed by atoms with Crippen LogP contribution in [0.1, 0.15) is 18.4 Å². The number of hydrogen-bond acceptors (Lipinski definition) is 4. The van der Waals surface area contributed by atoms with E-state index in [0.717, 1.165) is 16.9 Å². The van der Waals surface area contributed by atoms with Crippen LogP contribution in [0.15, 0.2) is 59.5 Å². The van der Waals surface area contributed by atoms with Crippen molar-refractivity contribution in [2.75, 3.05) is 11.9 Å². The first kappa shape index (κ1) is 20.6. The number of nitrogens with two attached hydrogens (primary N) is 1. The average molecular weight is 395 g/mol. The Hall–Kier alpha value is -1.73. The fraction of sp³-hybridized carbons (Fsp3) is 0.316. The van der Waals surface area contributed by atoms with Crippen molar-refractivity contribution in [2.24, 2.45) is 5.73 Å². The minimum Gasteiger partial charge on any atom is -0.364 e. The molecule has 1 unspecified atom stereocenters. The van der Waals surface area contributed by atoms with E-state index < -0.39 is 16.9 Å². The SMILES string of the molecule is Cl.NC[C@H]1CC[C@@H](C(=O)Nc2cccc(CS(=O)c3ccccc3)c2)O1. The van der Waals surface area contributed by atoms with Crippen LogP contribution < -0.4 is 11.1 Å². The van der Waals surface area contributed by atoms with E-state index in [4.69, 9.17) is 10.5 Å². The van der Waals surface area contributed by atoms with Crippen LogP contribution in [0.25, 0.3) is 0 Å². The quantitative estimate of drug-likeness (QED) is 0.789. The van der Waals surface area contributed by atoms with Gasteiger partial charge in [-0.25, -0.2) is 0 Å². The van der Waals surface area contributed by atoms with Gasteiger partial charge >= 0.3 is 0 Å². The highest BCUT2D eigenvalue weighted by atomic mass is 35.5. The molecule has 3 N–H and O–H groups in total. The Labute approximate surface area is 162 Å². The molecular formula is C19H23ClN2O3S. The molecule has 0 saturated carbocycles. The van der Waals surface area contributed by atoms with Crippen LogP contribution in [0.3, 0.4) is 0 Å². The van der Waals surface area contributed by atoms with Gasteiger partial charge < -0.3 is 15.8 Å². The Bertz CT molecular complexity index is 757. The van der Waals surface area contributed by atoms with Gasteiger partial charge in [0, 0.05) is 17.1 Å². The lowest BCUT2D eigenvalue weighted by Crippen LogP contribution is -2.29. The van der Waals surface area contributed by atoms with Crippen molar-refractivity contribution >= 4 is 34.8 Å². The summed E-state index contributed by atoms with van der Waals surface area (Å²) >= 11 is 0. The van der Waals surface area contributed by atoms with Crippen LogP contribution in [0.5, 0.6) is 0 Å². The molecule has 1 heterocycles. The van der Waals surface area contributed by atoms with E-state index in [-0.39, 0.29) is 24.4 Å². The van der Waals surface area contributed by atoms with Gasteiger partial charge in [0.05, 0.1) is 22.7 Å². The third-order valence-electron chi connectivity index (χ3n) is 4.16. The van der Waals surface area contributed by atoms with Gasteiger partial charge in [-0.1, -0.05) is 30.3 Å². The summed E-state index contributed by atoms with van der Waals surface area (Å²) in [6.07, 6.45) is 1.02. The molecule has 0 bridgehead atoms. The van der Waals surface area contributed by atoms with Gasteiger partial charge in [0.1, 0.15) is 6.10 Å². The third-order valence-corrected chi connectivity index (χ3v) is 5.55. The second-order valence-electron chi connectivity index (χ2n) is 6.05. The van der Waals surface area contributed by atoms with Crippen molar-refractivity contribution in [1.82, 2.24) is 0 Å². The van der Waals surface area contributed by atoms with E-state index in [1.54, 1.807) is 0 Å². The van der Waals surface area contributed by atoms with Crippen molar-refractivity contribution in [3.8, 4) is 0 Å². The van der Waals surface area contributed by atoms with Crippen LogP contribution in [0, 0.1) is 0 Å². The molecule has 140 valence electrons. The maximum atomic E-state index is 12.4. The van der Waals surface area contributed by atoms with Gasteiger partial charge in [-0.2, -0.15) is 0 Å². The molecular weight excluding hydrogens is 372 g/mol. The van der Waals surface area contributed by atoms with E-state index >= 15 is 0 Å². The number of halogens is 1. The van der Waals surface area contributed by atoms with Gasteiger partial charge in [0.15, 0.2) is 0 Å². The third kappa shape index (κ3) is 5.38. The van der Waals surface area contributed by atoms with Crippen LogP contribution in [-0.4, -0.2) is 28.9 Å². The number of amides is 1. The molecule has 0 spiro atoms. The summed E-state index contributed by atoms with van der Waals surface area (Å²) < 4.78 is 18.0. The molecule has 7 heteroatoms. The lowest BCUT2D eigenvalue weighted by atomic mass is 10.1. The van der Waals surface area contributed by atoms with Crippen LogP contribution in [-0.2, 0) is 26.1 Å². The molecule has 1 amide bonds. The molecule has 1 aliphatic rings. The molecule has 2 aromatic carbocycles. The first-order valence-electron chi connectivity index (χ1n) is 8.34. The largest absolute Gasteiger partial charge is 0.364 e. The Morgan fingerprint density at radius 3 is 2.62 bits per heavy atom. The van der Waals surface area contributed by atoms with Gasteiger partial charge in [-0.15, -0.1) is 12.4 Å². The van der Waals surface area contributed by atoms with E-state index in [1.807, 2.05) is 54.6 Å². The summed E-state index contributed by atoms with van der Waals surface area (Å²) in [6, 6.07) is 16.8. The minimum atomic E-state index is -1.11. The molecule has 2 aromatic rings. The van der Waals surface area contributed by atoms with Gasteiger partial charge in [0.2, 0.25) is 0 Å². The Balaban J connectivity index is 0.00000243. The number of nitrogens with one attached hydrogen (secondary N) is 1. The lowest BCUT2D eigenvalue weighted by Gasteiger charge is -2.13. The maximum Gasteiger partial charge on any atom is 0.253 e. The number of carbonyl (C=O) groups is 1. The molecule has 0 aliphatic carbocycles. The fourth-order valence-corrected chi connectivity index (χ4v) is 3.95. The van der Waals surface area contributed by atoms with Crippen molar-refractivity contribution < 1.29 is 13.7 Å². The molecule has 5 nitrogen and oxygen atoms in total. The lowest BCUT2D eigenvalue weighted by molar-refractivity contribution is -0.126. The molecule has 26 heavy (non-hydrogen) atoms. The Kier molecular flexibility index (Phi) is 7.78. The molecule has 3 rings (SSSR count). The van der Waals surface area contributed by atoms with Crippen molar-refractivity contribution in [3.05, 3.63) is 60.2 Å². The van der Waals surface area contributed by atoms with E-state index in [2.05, 4.69) is 5.32 Å². The highest BCUT2D eigenvalue weighted by Gasteiger charge is 2.29. The number of benzene rings is 2. The first-order chi connectivity index (χ1) is 12.2. The number of rotatable bonds is 6.